The highest BCUT2D eigenvalue weighted by Gasteiger charge is 2.38. The van der Waals surface area contributed by atoms with E-state index in [1.807, 2.05) is 0 Å². The molecule has 0 saturated heterocycles. The summed E-state index contributed by atoms with van der Waals surface area (Å²) < 4.78 is 10.3. The van der Waals surface area contributed by atoms with E-state index in [0.29, 0.717) is 5.56 Å². The molecule has 0 aliphatic carbocycles. The molecule has 2 unspecified atom stereocenters. The van der Waals surface area contributed by atoms with Crippen LogP contribution in [0.25, 0.3) is 0 Å². The number of ether oxygens (including phenoxy) is 2. The molecule has 1 aromatic rings. The first-order valence-electron chi connectivity index (χ1n) is 10.4. The van der Waals surface area contributed by atoms with E-state index in [1.165, 1.54) is 40.3 Å². The SMILES string of the molecule is COC(=O)[C@H](C)N(C)C(=O)C(NC(=O)[C@H](CCC(N)=O)N(C)C)C(OC)c1ccc(O)cc1. The summed E-state index contributed by atoms with van der Waals surface area (Å²) in [7, 11) is 7.35. The summed E-state index contributed by atoms with van der Waals surface area (Å²) in [5.41, 5.74) is 5.75. The zero-order valence-corrected chi connectivity index (χ0v) is 19.9. The van der Waals surface area contributed by atoms with Crippen LogP contribution in [-0.4, -0.2) is 92.1 Å². The Bertz CT molecular complexity index is 829. The Morgan fingerprint density at radius 1 is 1.09 bits per heavy atom. The lowest BCUT2D eigenvalue weighted by molar-refractivity contribution is -0.153. The number of rotatable bonds is 12. The van der Waals surface area contributed by atoms with Gasteiger partial charge in [0.15, 0.2) is 0 Å². The Balaban J connectivity index is 3.33. The number of hydrogen-bond acceptors (Lipinski definition) is 8. The number of methoxy groups -OCH3 is 2. The van der Waals surface area contributed by atoms with Crippen molar-refractivity contribution >= 4 is 23.7 Å². The highest BCUT2D eigenvalue weighted by atomic mass is 16.5. The summed E-state index contributed by atoms with van der Waals surface area (Å²) in [6, 6.07) is 3.11. The molecule has 0 spiro atoms. The summed E-state index contributed by atoms with van der Waals surface area (Å²) in [5, 5.41) is 12.3. The van der Waals surface area contributed by atoms with Gasteiger partial charge < -0.3 is 30.5 Å². The van der Waals surface area contributed by atoms with E-state index in [2.05, 4.69) is 5.32 Å². The van der Waals surface area contributed by atoms with E-state index < -0.39 is 47.9 Å². The number of nitrogens with one attached hydrogen (secondary N) is 1. The number of phenols is 1. The quantitative estimate of drug-likeness (QED) is 0.358. The topological polar surface area (TPSA) is 152 Å². The van der Waals surface area contributed by atoms with Crippen molar-refractivity contribution < 1.29 is 33.8 Å². The van der Waals surface area contributed by atoms with Crippen LogP contribution in [0, 0.1) is 0 Å². The minimum Gasteiger partial charge on any atom is -0.508 e. The van der Waals surface area contributed by atoms with Crippen molar-refractivity contribution in [1.29, 1.82) is 0 Å². The number of nitrogens with two attached hydrogens (primary N) is 1. The average molecular weight is 467 g/mol. The lowest BCUT2D eigenvalue weighted by atomic mass is 9.99. The molecule has 0 aliphatic rings. The molecule has 11 nitrogen and oxygen atoms in total. The molecule has 0 saturated carbocycles. The maximum absolute atomic E-state index is 13.4. The van der Waals surface area contributed by atoms with E-state index in [0.717, 1.165) is 4.90 Å². The molecule has 1 rings (SSSR count). The number of primary amides is 1. The van der Waals surface area contributed by atoms with Gasteiger partial charge in [0, 0.05) is 20.6 Å². The van der Waals surface area contributed by atoms with Crippen molar-refractivity contribution in [3.8, 4) is 5.75 Å². The maximum atomic E-state index is 13.4. The van der Waals surface area contributed by atoms with Gasteiger partial charge in [-0.3, -0.25) is 19.3 Å². The fourth-order valence-electron chi connectivity index (χ4n) is 3.29. The lowest BCUT2D eigenvalue weighted by Crippen LogP contribution is -2.57. The van der Waals surface area contributed by atoms with Gasteiger partial charge in [-0.05, 0) is 45.1 Å². The zero-order chi connectivity index (χ0) is 25.3. The molecular weight excluding hydrogens is 432 g/mol. The molecule has 0 heterocycles. The van der Waals surface area contributed by atoms with Gasteiger partial charge in [-0.1, -0.05) is 12.1 Å². The highest BCUT2D eigenvalue weighted by Crippen LogP contribution is 2.25. The van der Waals surface area contributed by atoms with Crippen molar-refractivity contribution in [2.75, 3.05) is 35.4 Å². The van der Waals surface area contributed by atoms with Gasteiger partial charge in [0.2, 0.25) is 17.7 Å². The molecule has 0 aromatic heterocycles. The average Bonchev–Trinajstić information content (AvgIpc) is 2.77. The molecule has 3 amide bonds. The van der Waals surface area contributed by atoms with Gasteiger partial charge >= 0.3 is 5.97 Å². The molecule has 0 fully saturated rings. The molecule has 184 valence electrons. The summed E-state index contributed by atoms with van der Waals surface area (Å²) in [4.78, 5) is 52.6. The molecule has 4 N–H and O–H groups in total. The summed E-state index contributed by atoms with van der Waals surface area (Å²) >= 11 is 0. The second-order valence-electron chi connectivity index (χ2n) is 7.87. The predicted octanol–water partition coefficient (Wildman–Crippen LogP) is -0.220. The number of esters is 1. The normalized spacial score (nSPS) is 14.6. The Labute approximate surface area is 193 Å². The van der Waals surface area contributed by atoms with Crippen molar-refractivity contribution in [3.05, 3.63) is 29.8 Å². The van der Waals surface area contributed by atoms with Gasteiger partial charge in [-0.15, -0.1) is 0 Å². The van der Waals surface area contributed by atoms with E-state index >= 15 is 0 Å². The maximum Gasteiger partial charge on any atom is 0.328 e. The van der Waals surface area contributed by atoms with Crippen LogP contribution in [-0.2, 0) is 28.7 Å². The number of carbonyl (C=O) groups is 4. The number of phenolic OH excluding ortho intramolecular Hbond substituents is 1. The number of aromatic hydroxyl groups is 1. The Morgan fingerprint density at radius 3 is 2.12 bits per heavy atom. The smallest absolute Gasteiger partial charge is 0.328 e. The number of likely N-dealkylation sites (N-methyl/N-ethyl adjacent to an activating group) is 2. The number of carbonyl (C=O) groups excluding carboxylic acids is 4. The predicted molar refractivity (Wildman–Crippen MR) is 120 cm³/mol. The van der Waals surface area contributed by atoms with Gasteiger partial charge in [0.1, 0.15) is 23.9 Å². The standard InChI is InChI=1S/C22H34N4O7/c1-13(22(31)33-6)26(4)21(30)18(19(32-5)14-7-9-15(27)10-8-14)24-20(29)16(25(2)3)11-12-17(23)28/h7-10,13,16,18-19,27H,11-12H2,1-6H3,(H2,23,28)(H,24,29)/t13-,16-,18?,19?/m0/s1. The molecule has 1 aromatic carbocycles. The minimum atomic E-state index is -1.22. The first kappa shape index (κ1) is 27.9. The van der Waals surface area contributed by atoms with Crippen LogP contribution in [0.2, 0.25) is 0 Å². The van der Waals surface area contributed by atoms with Crippen LogP contribution in [0.4, 0.5) is 0 Å². The number of benzene rings is 1. The molecular formula is C22H34N4O7. The third-order valence-corrected chi connectivity index (χ3v) is 5.40. The fraction of sp³-hybridized carbons (Fsp3) is 0.545. The van der Waals surface area contributed by atoms with Crippen LogP contribution in [0.3, 0.4) is 0 Å². The molecule has 0 bridgehead atoms. The molecule has 4 atom stereocenters. The van der Waals surface area contributed by atoms with Crippen molar-refractivity contribution in [3.63, 3.8) is 0 Å². The van der Waals surface area contributed by atoms with Crippen molar-refractivity contribution in [2.24, 2.45) is 5.73 Å². The lowest BCUT2D eigenvalue weighted by Gasteiger charge is -2.33. The van der Waals surface area contributed by atoms with Crippen molar-refractivity contribution in [2.45, 2.75) is 44.0 Å². The van der Waals surface area contributed by atoms with E-state index in [4.69, 9.17) is 15.2 Å². The van der Waals surface area contributed by atoms with E-state index in [-0.39, 0.29) is 18.6 Å². The number of amides is 3. The first-order valence-corrected chi connectivity index (χ1v) is 10.4. The Morgan fingerprint density at radius 2 is 1.67 bits per heavy atom. The first-order chi connectivity index (χ1) is 15.4. The number of hydrogen-bond donors (Lipinski definition) is 3. The molecule has 11 heteroatoms. The Kier molecular flexibility index (Phi) is 10.8. The monoisotopic (exact) mass is 466 g/mol. The highest BCUT2D eigenvalue weighted by molar-refractivity contribution is 5.92. The van der Waals surface area contributed by atoms with Gasteiger partial charge in [-0.2, -0.15) is 0 Å². The minimum absolute atomic E-state index is 0.0141. The largest absolute Gasteiger partial charge is 0.508 e. The van der Waals surface area contributed by atoms with Crippen LogP contribution in [0.15, 0.2) is 24.3 Å². The summed E-state index contributed by atoms with van der Waals surface area (Å²) in [5.74, 6) is -2.25. The van der Waals surface area contributed by atoms with Crippen LogP contribution < -0.4 is 11.1 Å². The number of nitrogens with zero attached hydrogens (tertiary/aromatic N) is 2. The summed E-state index contributed by atoms with van der Waals surface area (Å²) in [6.07, 6.45) is -0.798. The third kappa shape index (κ3) is 7.72. The van der Waals surface area contributed by atoms with Gasteiger partial charge in [0.25, 0.3) is 0 Å². The van der Waals surface area contributed by atoms with Gasteiger partial charge in [-0.25, -0.2) is 4.79 Å². The van der Waals surface area contributed by atoms with Crippen LogP contribution in [0.5, 0.6) is 5.75 Å². The second kappa shape index (κ2) is 12.8. The van der Waals surface area contributed by atoms with E-state index in [9.17, 15) is 24.3 Å². The summed E-state index contributed by atoms with van der Waals surface area (Å²) in [6.45, 7) is 1.50. The molecule has 33 heavy (non-hydrogen) atoms. The molecule has 0 radical (unpaired) electrons. The van der Waals surface area contributed by atoms with E-state index in [1.54, 1.807) is 31.1 Å². The zero-order valence-electron chi connectivity index (χ0n) is 19.9. The molecule has 0 aliphatic heterocycles. The third-order valence-electron chi connectivity index (χ3n) is 5.40. The van der Waals surface area contributed by atoms with Crippen LogP contribution in [0.1, 0.15) is 31.4 Å². The Hall–Kier alpha value is -3.18. The van der Waals surface area contributed by atoms with Crippen LogP contribution >= 0.6 is 0 Å². The van der Waals surface area contributed by atoms with Crippen molar-refractivity contribution in [1.82, 2.24) is 15.1 Å². The second-order valence-corrected chi connectivity index (χ2v) is 7.87. The fourth-order valence-corrected chi connectivity index (χ4v) is 3.29. The van der Waals surface area contributed by atoms with Gasteiger partial charge in [0.05, 0.1) is 13.2 Å².